The van der Waals surface area contributed by atoms with E-state index in [-0.39, 0.29) is 0 Å². The molecule has 0 aliphatic rings. The van der Waals surface area contributed by atoms with E-state index in [1.54, 1.807) is 0 Å². The lowest BCUT2D eigenvalue weighted by atomic mass is 10.2. The van der Waals surface area contributed by atoms with Crippen molar-refractivity contribution in [3.63, 3.8) is 0 Å². The fourth-order valence-corrected chi connectivity index (χ4v) is 2.15. The Kier molecular flexibility index (Phi) is 1.41. The molecule has 0 aliphatic carbocycles. The van der Waals surface area contributed by atoms with Gasteiger partial charge < -0.3 is 10.3 Å². The maximum atomic E-state index is 5.80. The number of benzene rings is 1. The summed E-state index contributed by atoms with van der Waals surface area (Å²) in [5.74, 6) is 0.557. The van der Waals surface area contributed by atoms with Crippen molar-refractivity contribution in [1.29, 1.82) is 0 Å². The topological polar surface area (TPSA) is 48.8 Å². The van der Waals surface area contributed by atoms with Gasteiger partial charge in [0.1, 0.15) is 11.2 Å². The van der Waals surface area contributed by atoms with Gasteiger partial charge in [-0.05, 0) is 6.07 Å². The second-order valence-corrected chi connectivity index (χ2v) is 3.78. The smallest absolute Gasteiger partial charge is 0.202 e. The summed E-state index contributed by atoms with van der Waals surface area (Å²) in [5.41, 5.74) is 9.02. The van der Waals surface area contributed by atoms with Crippen molar-refractivity contribution in [1.82, 2.24) is 14.1 Å². The van der Waals surface area contributed by atoms with Crippen LogP contribution in [0.3, 0.4) is 0 Å². The highest BCUT2D eigenvalue weighted by molar-refractivity contribution is 6.05. The standard InChI is InChI=1S/C11H12N4/c1-14-8-6-4-3-5-7(8)9-10(14)15(2)11(12)13-9/h3-6H,1-2H3,(H2,12,13). The Bertz CT molecular complexity index is 660. The average molecular weight is 200 g/mol. The number of para-hydroxylation sites is 1. The van der Waals surface area contributed by atoms with Crippen LogP contribution in [-0.4, -0.2) is 14.1 Å². The Morgan fingerprint density at radius 3 is 2.67 bits per heavy atom. The van der Waals surface area contributed by atoms with Gasteiger partial charge in [-0.15, -0.1) is 0 Å². The van der Waals surface area contributed by atoms with Gasteiger partial charge in [0.2, 0.25) is 5.95 Å². The summed E-state index contributed by atoms with van der Waals surface area (Å²) in [5, 5.41) is 1.15. The Labute approximate surface area is 86.9 Å². The van der Waals surface area contributed by atoms with Gasteiger partial charge >= 0.3 is 0 Å². The molecule has 0 saturated carbocycles. The largest absolute Gasteiger partial charge is 0.369 e. The lowest BCUT2D eigenvalue weighted by molar-refractivity contribution is 0.887. The molecule has 0 bridgehead atoms. The second-order valence-electron chi connectivity index (χ2n) is 3.78. The van der Waals surface area contributed by atoms with Gasteiger partial charge in [0, 0.05) is 19.5 Å². The summed E-state index contributed by atoms with van der Waals surface area (Å²) >= 11 is 0. The van der Waals surface area contributed by atoms with Crippen LogP contribution in [0.1, 0.15) is 0 Å². The minimum absolute atomic E-state index is 0.557. The molecule has 2 N–H and O–H groups in total. The van der Waals surface area contributed by atoms with Gasteiger partial charge in [0.25, 0.3) is 0 Å². The molecule has 76 valence electrons. The van der Waals surface area contributed by atoms with Crippen LogP contribution >= 0.6 is 0 Å². The summed E-state index contributed by atoms with van der Waals surface area (Å²) in [6, 6.07) is 8.22. The first kappa shape index (κ1) is 8.35. The Hall–Kier alpha value is -1.97. The van der Waals surface area contributed by atoms with Crippen molar-refractivity contribution in [2.24, 2.45) is 14.1 Å². The van der Waals surface area contributed by atoms with E-state index in [9.17, 15) is 0 Å². The zero-order valence-electron chi connectivity index (χ0n) is 8.73. The van der Waals surface area contributed by atoms with Crippen LogP contribution in [-0.2, 0) is 14.1 Å². The number of nitrogens with two attached hydrogens (primary N) is 1. The van der Waals surface area contributed by atoms with Crippen LogP contribution in [0.5, 0.6) is 0 Å². The van der Waals surface area contributed by atoms with E-state index in [2.05, 4.69) is 21.7 Å². The van der Waals surface area contributed by atoms with Gasteiger partial charge in [-0.3, -0.25) is 4.57 Å². The second kappa shape index (κ2) is 2.53. The summed E-state index contributed by atoms with van der Waals surface area (Å²) in [7, 11) is 3.97. The summed E-state index contributed by atoms with van der Waals surface area (Å²) in [6.07, 6.45) is 0. The van der Waals surface area contributed by atoms with Gasteiger partial charge in [-0.1, -0.05) is 18.2 Å². The molecule has 3 aromatic rings. The Balaban J connectivity index is 2.67. The molecule has 0 radical (unpaired) electrons. The minimum Gasteiger partial charge on any atom is -0.369 e. The first-order chi connectivity index (χ1) is 7.20. The number of aromatic nitrogens is 3. The molecule has 3 rings (SSSR count). The van der Waals surface area contributed by atoms with Crippen molar-refractivity contribution < 1.29 is 0 Å². The third-order valence-corrected chi connectivity index (χ3v) is 2.94. The number of aryl methyl sites for hydroxylation is 2. The third kappa shape index (κ3) is 0.883. The molecule has 2 aromatic heterocycles. The number of nitrogen functional groups attached to an aromatic ring is 1. The normalized spacial score (nSPS) is 11.6. The Morgan fingerprint density at radius 1 is 1.13 bits per heavy atom. The highest BCUT2D eigenvalue weighted by Gasteiger charge is 2.13. The fourth-order valence-electron chi connectivity index (χ4n) is 2.15. The van der Waals surface area contributed by atoms with E-state index in [0.29, 0.717) is 5.95 Å². The van der Waals surface area contributed by atoms with Crippen LogP contribution in [0, 0.1) is 0 Å². The number of imidazole rings is 1. The Morgan fingerprint density at radius 2 is 1.87 bits per heavy atom. The number of rotatable bonds is 0. The number of nitrogens with zero attached hydrogens (tertiary/aromatic N) is 3. The summed E-state index contributed by atoms with van der Waals surface area (Å²) < 4.78 is 4.03. The van der Waals surface area contributed by atoms with Crippen LogP contribution in [0.2, 0.25) is 0 Å². The van der Waals surface area contributed by atoms with E-state index in [1.165, 1.54) is 5.52 Å². The van der Waals surface area contributed by atoms with Crippen LogP contribution < -0.4 is 5.73 Å². The molecule has 0 spiro atoms. The van der Waals surface area contributed by atoms with Crippen LogP contribution in [0.15, 0.2) is 24.3 Å². The van der Waals surface area contributed by atoms with Gasteiger partial charge in [-0.2, -0.15) is 0 Å². The first-order valence-electron chi connectivity index (χ1n) is 4.85. The predicted octanol–water partition coefficient (Wildman–Crippen LogP) is 1.65. The first-order valence-corrected chi connectivity index (χ1v) is 4.85. The zero-order valence-corrected chi connectivity index (χ0v) is 8.73. The third-order valence-electron chi connectivity index (χ3n) is 2.94. The van der Waals surface area contributed by atoms with E-state index < -0.39 is 0 Å². The van der Waals surface area contributed by atoms with Gasteiger partial charge in [-0.25, -0.2) is 4.98 Å². The van der Waals surface area contributed by atoms with Crippen LogP contribution in [0.4, 0.5) is 5.95 Å². The van der Waals surface area contributed by atoms with E-state index >= 15 is 0 Å². The molecular weight excluding hydrogens is 188 g/mol. The average Bonchev–Trinajstić information content (AvgIpc) is 2.68. The molecular formula is C11H12N4. The number of anilines is 1. The lowest BCUT2D eigenvalue weighted by Gasteiger charge is -2.00. The highest BCUT2D eigenvalue weighted by atomic mass is 15.2. The predicted molar refractivity (Wildman–Crippen MR) is 61.6 cm³/mol. The fraction of sp³-hybridized carbons (Fsp3) is 0.182. The molecule has 0 aliphatic heterocycles. The number of hydrogen-bond donors (Lipinski definition) is 1. The lowest BCUT2D eigenvalue weighted by Crippen LogP contribution is -2.00. The molecule has 4 heteroatoms. The quantitative estimate of drug-likeness (QED) is 0.599. The monoisotopic (exact) mass is 200 g/mol. The molecule has 0 saturated heterocycles. The zero-order chi connectivity index (χ0) is 10.6. The number of fused-ring (bicyclic) bond motifs is 3. The molecule has 4 nitrogen and oxygen atoms in total. The van der Waals surface area contributed by atoms with Crippen molar-refractivity contribution in [2.45, 2.75) is 0 Å². The molecule has 0 fully saturated rings. The van der Waals surface area contributed by atoms with E-state index in [4.69, 9.17) is 5.73 Å². The van der Waals surface area contributed by atoms with Crippen LogP contribution in [0.25, 0.3) is 22.1 Å². The maximum Gasteiger partial charge on any atom is 0.202 e. The van der Waals surface area contributed by atoms with Crippen molar-refractivity contribution in [2.75, 3.05) is 5.73 Å². The maximum absolute atomic E-state index is 5.80. The highest BCUT2D eigenvalue weighted by Crippen LogP contribution is 2.27. The minimum atomic E-state index is 0.557. The molecule has 0 atom stereocenters. The van der Waals surface area contributed by atoms with Gasteiger partial charge in [0.05, 0.1) is 5.52 Å². The van der Waals surface area contributed by atoms with E-state index in [0.717, 1.165) is 16.6 Å². The number of hydrogen-bond acceptors (Lipinski definition) is 2. The van der Waals surface area contributed by atoms with Gasteiger partial charge in [0.15, 0.2) is 0 Å². The summed E-state index contributed by atoms with van der Waals surface area (Å²) in [4.78, 5) is 4.38. The molecule has 1 aromatic carbocycles. The summed E-state index contributed by atoms with van der Waals surface area (Å²) in [6.45, 7) is 0. The molecule has 15 heavy (non-hydrogen) atoms. The molecule has 0 unspecified atom stereocenters. The molecule has 2 heterocycles. The van der Waals surface area contributed by atoms with Crippen molar-refractivity contribution >= 4 is 28.0 Å². The van der Waals surface area contributed by atoms with Crippen molar-refractivity contribution in [3.8, 4) is 0 Å². The van der Waals surface area contributed by atoms with E-state index in [1.807, 2.05) is 30.8 Å². The SMILES string of the molecule is Cn1c(N)nc2c3ccccc3n(C)c21. The van der Waals surface area contributed by atoms with Crippen molar-refractivity contribution in [3.05, 3.63) is 24.3 Å². The molecule has 0 amide bonds.